The number of sulfonamides is 1. The van der Waals surface area contributed by atoms with Gasteiger partial charge in [-0.1, -0.05) is 0 Å². The Hall–Kier alpha value is -2.15. The van der Waals surface area contributed by atoms with Gasteiger partial charge < -0.3 is 4.90 Å². The van der Waals surface area contributed by atoms with E-state index < -0.39 is 10.0 Å². The Morgan fingerprint density at radius 2 is 2.04 bits per heavy atom. The highest BCUT2D eigenvalue weighted by Gasteiger charge is 2.32. The van der Waals surface area contributed by atoms with Gasteiger partial charge in [0, 0.05) is 39.2 Å². The Morgan fingerprint density at radius 3 is 2.74 bits per heavy atom. The molecular formula is C16H20N4O2S. The molecule has 0 bridgehead atoms. The van der Waals surface area contributed by atoms with Gasteiger partial charge in [0.1, 0.15) is 4.90 Å². The van der Waals surface area contributed by atoms with Gasteiger partial charge in [0.05, 0.1) is 5.69 Å². The molecule has 0 fully saturated rings. The number of hydrogen-bond donors (Lipinski definition) is 0. The monoisotopic (exact) mass is 332 g/mol. The quantitative estimate of drug-likeness (QED) is 0.860. The Balaban J connectivity index is 2.17. The maximum Gasteiger partial charge on any atom is 0.265 e. The van der Waals surface area contributed by atoms with Crippen LogP contribution in [0.1, 0.15) is 17.5 Å². The summed E-state index contributed by atoms with van der Waals surface area (Å²) in [6.07, 6.45) is 6.44. The largest absolute Gasteiger partial charge is 0.361 e. The highest BCUT2D eigenvalue weighted by Crippen LogP contribution is 2.37. The van der Waals surface area contributed by atoms with Gasteiger partial charge in [0.2, 0.25) is 0 Å². The molecule has 2 aromatic rings. The molecule has 0 saturated heterocycles. The fraction of sp³-hybridized carbons (Fsp3) is 0.375. The molecule has 0 amide bonds. The van der Waals surface area contributed by atoms with Crippen molar-refractivity contribution >= 4 is 21.5 Å². The molecule has 0 radical (unpaired) electrons. The van der Waals surface area contributed by atoms with E-state index in [1.807, 2.05) is 32.0 Å². The van der Waals surface area contributed by atoms with Crippen LogP contribution >= 0.6 is 0 Å². The highest BCUT2D eigenvalue weighted by atomic mass is 32.2. The van der Waals surface area contributed by atoms with E-state index in [1.165, 1.54) is 10.5 Å². The van der Waals surface area contributed by atoms with Crippen molar-refractivity contribution in [1.29, 1.82) is 0 Å². The predicted octanol–water partition coefficient (Wildman–Crippen LogP) is 1.99. The summed E-state index contributed by atoms with van der Waals surface area (Å²) in [6.45, 7) is 2.29. The molecule has 2 aromatic heterocycles. The fourth-order valence-corrected chi connectivity index (χ4v) is 4.44. The van der Waals surface area contributed by atoms with Crippen LogP contribution in [0.3, 0.4) is 0 Å². The van der Waals surface area contributed by atoms with E-state index in [0.29, 0.717) is 18.1 Å². The number of hydrogen-bond acceptors (Lipinski definition) is 5. The Labute approximate surface area is 136 Å². The van der Waals surface area contributed by atoms with Crippen molar-refractivity contribution in [3.8, 4) is 0 Å². The van der Waals surface area contributed by atoms with Gasteiger partial charge in [-0.05, 0) is 43.0 Å². The van der Waals surface area contributed by atoms with Crippen LogP contribution in [-0.2, 0) is 16.4 Å². The van der Waals surface area contributed by atoms with Gasteiger partial charge >= 0.3 is 0 Å². The SMILES string of the molecule is Cc1cncc(S(=O)(=O)N2CCCc3ccnc(N(C)C)c32)c1. The van der Waals surface area contributed by atoms with E-state index in [9.17, 15) is 8.42 Å². The maximum atomic E-state index is 13.1. The number of nitrogens with zero attached hydrogens (tertiary/aromatic N) is 4. The minimum atomic E-state index is -3.65. The summed E-state index contributed by atoms with van der Waals surface area (Å²) in [6, 6.07) is 3.56. The molecule has 0 atom stereocenters. The number of fused-ring (bicyclic) bond motifs is 1. The zero-order valence-electron chi connectivity index (χ0n) is 13.5. The smallest absolute Gasteiger partial charge is 0.265 e. The van der Waals surface area contributed by atoms with Crippen molar-refractivity contribution in [3.05, 3.63) is 41.9 Å². The van der Waals surface area contributed by atoms with Crippen LogP contribution in [0, 0.1) is 6.92 Å². The molecule has 23 heavy (non-hydrogen) atoms. The third kappa shape index (κ3) is 2.76. The summed E-state index contributed by atoms with van der Waals surface area (Å²) in [5.74, 6) is 0.673. The summed E-state index contributed by atoms with van der Waals surface area (Å²) in [5.41, 5.74) is 2.52. The zero-order valence-corrected chi connectivity index (χ0v) is 14.3. The number of pyridine rings is 2. The molecule has 0 unspecified atom stereocenters. The van der Waals surface area contributed by atoms with Gasteiger partial charge in [-0.25, -0.2) is 13.4 Å². The lowest BCUT2D eigenvalue weighted by Crippen LogP contribution is -2.37. The number of aromatic nitrogens is 2. The van der Waals surface area contributed by atoms with Gasteiger partial charge in [0.25, 0.3) is 10.0 Å². The van der Waals surface area contributed by atoms with Crippen LogP contribution in [0.15, 0.2) is 35.6 Å². The number of aryl methyl sites for hydroxylation is 2. The number of rotatable bonds is 3. The van der Waals surface area contributed by atoms with Crippen LogP contribution in [0.2, 0.25) is 0 Å². The van der Waals surface area contributed by atoms with Crippen molar-refractivity contribution in [2.24, 2.45) is 0 Å². The molecule has 0 aliphatic carbocycles. The molecule has 3 heterocycles. The third-order valence-corrected chi connectivity index (χ3v) is 5.67. The summed E-state index contributed by atoms with van der Waals surface area (Å²) < 4.78 is 27.7. The molecule has 1 aliphatic heterocycles. The second-order valence-electron chi connectivity index (χ2n) is 5.92. The van der Waals surface area contributed by atoms with E-state index in [2.05, 4.69) is 9.97 Å². The second-order valence-corrected chi connectivity index (χ2v) is 7.78. The summed E-state index contributed by atoms with van der Waals surface area (Å²) >= 11 is 0. The molecule has 3 rings (SSSR count). The second kappa shape index (κ2) is 5.81. The molecule has 0 saturated carbocycles. The Kier molecular flexibility index (Phi) is 3.97. The molecule has 0 aromatic carbocycles. The first kappa shape index (κ1) is 15.7. The van der Waals surface area contributed by atoms with E-state index >= 15 is 0 Å². The van der Waals surface area contributed by atoms with Gasteiger partial charge in [-0.3, -0.25) is 9.29 Å². The molecule has 0 N–H and O–H groups in total. The van der Waals surface area contributed by atoms with Crippen LogP contribution in [0.25, 0.3) is 0 Å². The van der Waals surface area contributed by atoms with Crippen LogP contribution in [0.5, 0.6) is 0 Å². The summed E-state index contributed by atoms with van der Waals surface area (Å²) in [4.78, 5) is 10.5. The van der Waals surface area contributed by atoms with Gasteiger partial charge in [0.15, 0.2) is 5.82 Å². The minimum Gasteiger partial charge on any atom is -0.361 e. The molecule has 6 nitrogen and oxygen atoms in total. The molecule has 122 valence electrons. The lowest BCUT2D eigenvalue weighted by molar-refractivity contribution is 0.586. The molecule has 0 spiro atoms. The van der Waals surface area contributed by atoms with Crippen LogP contribution in [0.4, 0.5) is 11.5 Å². The Bertz CT molecular complexity index is 834. The van der Waals surface area contributed by atoms with Crippen molar-refractivity contribution in [2.75, 3.05) is 29.8 Å². The first-order valence-electron chi connectivity index (χ1n) is 7.51. The third-order valence-electron chi connectivity index (χ3n) is 3.91. The average Bonchev–Trinajstić information content (AvgIpc) is 2.53. The highest BCUT2D eigenvalue weighted by molar-refractivity contribution is 7.92. The van der Waals surface area contributed by atoms with Gasteiger partial charge in [-0.2, -0.15) is 0 Å². The molecular weight excluding hydrogens is 312 g/mol. The van der Waals surface area contributed by atoms with Crippen molar-refractivity contribution in [3.63, 3.8) is 0 Å². The topological polar surface area (TPSA) is 66.4 Å². The van der Waals surface area contributed by atoms with Crippen molar-refractivity contribution < 1.29 is 8.42 Å². The van der Waals surface area contributed by atoms with E-state index in [0.717, 1.165) is 24.0 Å². The van der Waals surface area contributed by atoms with Crippen molar-refractivity contribution in [2.45, 2.75) is 24.7 Å². The number of anilines is 2. The van der Waals surface area contributed by atoms with Gasteiger partial charge in [-0.15, -0.1) is 0 Å². The lowest BCUT2D eigenvalue weighted by atomic mass is 10.1. The molecule has 1 aliphatic rings. The van der Waals surface area contributed by atoms with Crippen molar-refractivity contribution in [1.82, 2.24) is 9.97 Å². The fourth-order valence-electron chi connectivity index (χ4n) is 2.84. The van der Waals surface area contributed by atoms with Crippen LogP contribution in [-0.4, -0.2) is 39.0 Å². The van der Waals surface area contributed by atoms with E-state index in [4.69, 9.17) is 0 Å². The predicted molar refractivity (Wildman–Crippen MR) is 90.4 cm³/mol. The lowest BCUT2D eigenvalue weighted by Gasteiger charge is -2.33. The summed E-state index contributed by atoms with van der Waals surface area (Å²) in [5, 5.41) is 0. The normalized spacial score (nSPS) is 14.5. The minimum absolute atomic E-state index is 0.221. The first-order valence-corrected chi connectivity index (χ1v) is 8.95. The Morgan fingerprint density at radius 1 is 1.26 bits per heavy atom. The maximum absolute atomic E-state index is 13.1. The van der Waals surface area contributed by atoms with E-state index in [1.54, 1.807) is 18.5 Å². The first-order chi connectivity index (χ1) is 10.9. The van der Waals surface area contributed by atoms with Crippen LogP contribution < -0.4 is 9.21 Å². The standard InChI is InChI=1S/C16H20N4O2S/c1-12-9-14(11-17-10-12)23(21,22)20-8-4-5-13-6-7-18-16(15(13)20)19(2)3/h6-7,9-11H,4-5,8H2,1-3H3. The zero-order chi connectivity index (χ0) is 16.6. The average molecular weight is 332 g/mol. The molecule has 7 heteroatoms. The van der Waals surface area contributed by atoms with E-state index in [-0.39, 0.29) is 4.90 Å². The summed E-state index contributed by atoms with van der Waals surface area (Å²) in [7, 11) is 0.0927.